The highest BCUT2D eigenvalue weighted by atomic mass is 19.4. The molecule has 0 bridgehead atoms. The van der Waals surface area contributed by atoms with E-state index >= 15 is 0 Å². The average molecular weight is 431 g/mol. The van der Waals surface area contributed by atoms with Crippen molar-refractivity contribution in [2.24, 2.45) is 0 Å². The number of alkyl halides is 3. The van der Waals surface area contributed by atoms with Crippen molar-refractivity contribution >= 4 is 11.6 Å². The molecular formula is C19H13F4N7O. The Hall–Kier alpha value is -4.09. The molecule has 0 radical (unpaired) electrons. The van der Waals surface area contributed by atoms with Crippen LogP contribution in [-0.4, -0.2) is 36.1 Å². The molecule has 0 spiro atoms. The van der Waals surface area contributed by atoms with Gasteiger partial charge < -0.3 is 5.32 Å². The number of benzene rings is 2. The number of aromatic amines is 1. The summed E-state index contributed by atoms with van der Waals surface area (Å²) in [4.78, 5) is 16.7. The molecule has 31 heavy (non-hydrogen) atoms. The lowest BCUT2D eigenvalue weighted by atomic mass is 10.2. The van der Waals surface area contributed by atoms with Gasteiger partial charge in [0, 0.05) is 11.3 Å². The quantitative estimate of drug-likeness (QED) is 0.479. The SMILES string of the molecule is Cc1nc(-c2ccc(NC(=O)c3nnn(-c4ccc(F)cc4)c3C(F)(F)F)cc2)n[nH]1. The fourth-order valence-corrected chi connectivity index (χ4v) is 2.82. The lowest BCUT2D eigenvalue weighted by molar-refractivity contribution is -0.143. The molecule has 4 aromatic rings. The maximum Gasteiger partial charge on any atom is 0.435 e. The van der Waals surface area contributed by atoms with Gasteiger partial charge in [-0.05, 0) is 55.5 Å². The van der Waals surface area contributed by atoms with Crippen LogP contribution in [-0.2, 0) is 6.18 Å². The fourth-order valence-electron chi connectivity index (χ4n) is 2.82. The predicted molar refractivity (Wildman–Crippen MR) is 101 cm³/mol. The number of aromatic nitrogens is 6. The van der Waals surface area contributed by atoms with Gasteiger partial charge in [0.2, 0.25) is 0 Å². The Balaban J connectivity index is 1.62. The highest BCUT2D eigenvalue weighted by molar-refractivity contribution is 6.03. The summed E-state index contributed by atoms with van der Waals surface area (Å²) in [6, 6.07) is 10.4. The van der Waals surface area contributed by atoms with Crippen molar-refractivity contribution in [1.29, 1.82) is 0 Å². The van der Waals surface area contributed by atoms with E-state index in [0.717, 1.165) is 24.3 Å². The van der Waals surface area contributed by atoms with Gasteiger partial charge >= 0.3 is 6.18 Å². The van der Waals surface area contributed by atoms with Gasteiger partial charge in [-0.25, -0.2) is 14.1 Å². The van der Waals surface area contributed by atoms with Gasteiger partial charge in [0.15, 0.2) is 17.2 Å². The van der Waals surface area contributed by atoms with E-state index in [2.05, 4.69) is 30.8 Å². The first-order chi connectivity index (χ1) is 14.7. The highest BCUT2D eigenvalue weighted by Crippen LogP contribution is 2.33. The third kappa shape index (κ3) is 4.13. The van der Waals surface area contributed by atoms with Gasteiger partial charge in [0.1, 0.15) is 11.6 Å². The first kappa shape index (κ1) is 20.2. The van der Waals surface area contributed by atoms with Crippen LogP contribution in [0.25, 0.3) is 17.1 Å². The van der Waals surface area contributed by atoms with Crippen LogP contribution in [0.5, 0.6) is 0 Å². The standard InChI is InChI=1S/C19H13F4N7O/c1-10-24-17(28-26-10)11-2-6-13(7-3-11)25-18(31)15-16(19(21,22)23)30(29-27-15)14-8-4-12(20)5-9-14/h2-9H,1H3,(H,25,31)(H,24,26,28). The van der Waals surface area contributed by atoms with Crippen LogP contribution < -0.4 is 5.32 Å². The molecule has 0 aliphatic carbocycles. The minimum absolute atomic E-state index is 0.0913. The van der Waals surface area contributed by atoms with E-state index in [1.54, 1.807) is 19.1 Å². The molecule has 4 rings (SSSR count). The zero-order valence-electron chi connectivity index (χ0n) is 15.8. The average Bonchev–Trinajstić information content (AvgIpc) is 3.36. The summed E-state index contributed by atoms with van der Waals surface area (Å²) >= 11 is 0. The maximum atomic E-state index is 13.7. The Morgan fingerprint density at radius 1 is 1.06 bits per heavy atom. The summed E-state index contributed by atoms with van der Waals surface area (Å²) < 4.78 is 54.6. The van der Waals surface area contributed by atoms with Crippen LogP contribution in [0.4, 0.5) is 23.2 Å². The topological polar surface area (TPSA) is 101 Å². The molecule has 0 aliphatic heterocycles. The van der Waals surface area contributed by atoms with Crippen molar-refractivity contribution < 1.29 is 22.4 Å². The molecule has 0 atom stereocenters. The zero-order chi connectivity index (χ0) is 22.2. The lowest BCUT2D eigenvalue weighted by Gasteiger charge is -2.11. The third-order valence-corrected chi connectivity index (χ3v) is 4.22. The van der Waals surface area contributed by atoms with Gasteiger partial charge in [0.25, 0.3) is 5.91 Å². The van der Waals surface area contributed by atoms with Gasteiger partial charge in [0.05, 0.1) is 5.69 Å². The number of amides is 1. The van der Waals surface area contributed by atoms with Crippen LogP contribution in [0, 0.1) is 12.7 Å². The number of halogens is 4. The summed E-state index contributed by atoms with van der Waals surface area (Å²) in [5.74, 6) is -0.658. The van der Waals surface area contributed by atoms with Crippen molar-refractivity contribution in [3.8, 4) is 17.1 Å². The number of hydrogen-bond donors (Lipinski definition) is 2. The van der Waals surface area contributed by atoms with Gasteiger partial charge in [-0.2, -0.15) is 18.3 Å². The molecule has 2 aromatic heterocycles. The summed E-state index contributed by atoms with van der Waals surface area (Å²) in [6.45, 7) is 1.74. The smallest absolute Gasteiger partial charge is 0.321 e. The summed E-state index contributed by atoms with van der Waals surface area (Å²) in [5, 5.41) is 15.9. The number of H-pyrrole nitrogens is 1. The second-order valence-corrected chi connectivity index (χ2v) is 6.45. The van der Waals surface area contributed by atoms with E-state index in [4.69, 9.17) is 0 Å². The lowest BCUT2D eigenvalue weighted by Crippen LogP contribution is -2.21. The molecule has 12 heteroatoms. The van der Waals surface area contributed by atoms with E-state index in [-0.39, 0.29) is 11.4 Å². The largest absolute Gasteiger partial charge is 0.435 e. The van der Waals surface area contributed by atoms with E-state index in [9.17, 15) is 22.4 Å². The maximum absolute atomic E-state index is 13.7. The molecular weight excluding hydrogens is 418 g/mol. The Bertz CT molecular complexity index is 1230. The Labute approximate surface area is 171 Å². The molecule has 8 nitrogen and oxygen atoms in total. The second-order valence-electron chi connectivity index (χ2n) is 6.45. The van der Waals surface area contributed by atoms with Gasteiger partial charge in [-0.3, -0.25) is 9.89 Å². The van der Waals surface area contributed by atoms with Crippen LogP contribution in [0.1, 0.15) is 22.0 Å². The predicted octanol–water partition coefficient (Wildman–Crippen LogP) is 3.77. The normalized spacial score (nSPS) is 11.5. The molecule has 0 saturated carbocycles. The number of carbonyl (C=O) groups is 1. The minimum atomic E-state index is -4.93. The third-order valence-electron chi connectivity index (χ3n) is 4.22. The Morgan fingerprint density at radius 2 is 1.74 bits per heavy atom. The van der Waals surface area contributed by atoms with Gasteiger partial charge in [-0.1, -0.05) is 5.21 Å². The van der Waals surface area contributed by atoms with E-state index in [1.165, 1.54) is 12.1 Å². The van der Waals surface area contributed by atoms with Crippen LogP contribution >= 0.6 is 0 Å². The number of carbonyl (C=O) groups excluding carboxylic acids is 1. The number of nitrogens with one attached hydrogen (secondary N) is 2. The van der Waals surface area contributed by atoms with Crippen molar-refractivity contribution in [3.05, 3.63) is 71.6 Å². The number of rotatable bonds is 4. The summed E-state index contributed by atoms with van der Waals surface area (Å²) in [7, 11) is 0. The Kier molecular flexibility index (Phi) is 4.97. The zero-order valence-corrected chi connectivity index (χ0v) is 15.8. The highest BCUT2D eigenvalue weighted by Gasteiger charge is 2.42. The molecule has 2 aromatic carbocycles. The number of nitrogens with zero attached hydrogens (tertiary/aromatic N) is 5. The molecule has 0 fully saturated rings. The van der Waals surface area contributed by atoms with Crippen molar-refractivity contribution in [1.82, 2.24) is 30.2 Å². The molecule has 0 unspecified atom stereocenters. The van der Waals surface area contributed by atoms with Crippen LogP contribution in [0.2, 0.25) is 0 Å². The summed E-state index contributed by atoms with van der Waals surface area (Å²) in [5.41, 5.74) is -1.48. The first-order valence-electron chi connectivity index (χ1n) is 8.82. The first-order valence-corrected chi connectivity index (χ1v) is 8.82. The molecule has 0 aliphatic rings. The number of anilines is 1. The number of hydrogen-bond acceptors (Lipinski definition) is 5. The van der Waals surface area contributed by atoms with Crippen molar-refractivity contribution in [2.45, 2.75) is 13.1 Å². The van der Waals surface area contributed by atoms with Gasteiger partial charge in [-0.15, -0.1) is 5.10 Å². The monoisotopic (exact) mass is 431 g/mol. The molecule has 0 saturated heterocycles. The molecule has 158 valence electrons. The van der Waals surface area contributed by atoms with Crippen molar-refractivity contribution in [2.75, 3.05) is 5.32 Å². The summed E-state index contributed by atoms with van der Waals surface area (Å²) in [6.07, 6.45) is -4.93. The van der Waals surface area contributed by atoms with Crippen LogP contribution in [0.3, 0.4) is 0 Å². The van der Waals surface area contributed by atoms with Crippen LogP contribution in [0.15, 0.2) is 48.5 Å². The minimum Gasteiger partial charge on any atom is -0.321 e. The molecule has 2 heterocycles. The van der Waals surface area contributed by atoms with Crippen molar-refractivity contribution in [3.63, 3.8) is 0 Å². The Morgan fingerprint density at radius 3 is 2.32 bits per heavy atom. The van der Waals surface area contributed by atoms with E-state index in [0.29, 0.717) is 21.9 Å². The second kappa shape index (κ2) is 7.63. The number of aryl methyl sites for hydroxylation is 1. The molecule has 1 amide bonds. The molecule has 2 N–H and O–H groups in total. The fraction of sp³-hybridized carbons (Fsp3) is 0.105. The van der Waals surface area contributed by atoms with E-state index < -0.39 is 29.3 Å². The van der Waals surface area contributed by atoms with E-state index in [1.807, 2.05) is 0 Å².